The van der Waals surface area contributed by atoms with E-state index in [1.807, 2.05) is 25.1 Å². The molecule has 1 aliphatic heterocycles. The summed E-state index contributed by atoms with van der Waals surface area (Å²) >= 11 is 12.5. The molecule has 39 heavy (non-hydrogen) atoms. The van der Waals surface area contributed by atoms with Crippen LogP contribution in [0.25, 0.3) is 6.08 Å². The highest BCUT2D eigenvalue weighted by molar-refractivity contribution is 6.39. The Morgan fingerprint density at radius 2 is 1.74 bits per heavy atom. The third-order valence-corrected chi connectivity index (χ3v) is 6.75. The van der Waals surface area contributed by atoms with Crippen LogP contribution < -0.4 is 19.7 Å². The predicted molar refractivity (Wildman–Crippen MR) is 152 cm³/mol. The molecule has 1 saturated heterocycles. The molecule has 1 N–H and O–H groups in total. The molecule has 3 aromatic rings. The third kappa shape index (κ3) is 6.16. The fraction of sp³-hybridized carbons (Fsp3) is 0.167. The molecule has 0 aliphatic carbocycles. The van der Waals surface area contributed by atoms with Crippen molar-refractivity contribution < 1.29 is 23.9 Å². The van der Waals surface area contributed by atoms with E-state index in [0.717, 1.165) is 21.6 Å². The van der Waals surface area contributed by atoms with Crippen LogP contribution in [0.1, 0.15) is 29.2 Å². The smallest absolute Gasteiger partial charge is 0.335 e. The normalized spacial score (nSPS) is 14.4. The van der Waals surface area contributed by atoms with Gasteiger partial charge in [0.1, 0.15) is 12.2 Å². The van der Waals surface area contributed by atoms with E-state index in [4.69, 9.17) is 32.7 Å². The Hall–Kier alpha value is -4.07. The maximum atomic E-state index is 13.4. The lowest BCUT2D eigenvalue weighted by Gasteiger charge is -2.26. The maximum Gasteiger partial charge on any atom is 0.335 e. The minimum Gasteiger partial charge on any atom is -0.490 e. The Labute approximate surface area is 236 Å². The van der Waals surface area contributed by atoms with Crippen molar-refractivity contribution >= 4 is 52.8 Å². The average molecular weight is 565 g/mol. The molecule has 4 rings (SSSR count). The maximum absolute atomic E-state index is 13.4. The fourth-order valence-corrected chi connectivity index (χ4v) is 4.41. The van der Waals surface area contributed by atoms with E-state index >= 15 is 0 Å². The Balaban J connectivity index is 1.73. The summed E-state index contributed by atoms with van der Waals surface area (Å²) in [7, 11) is 0. The monoisotopic (exact) mass is 564 g/mol. The summed E-state index contributed by atoms with van der Waals surface area (Å²) in [5.74, 6) is -0.644. The quantitative estimate of drug-likeness (QED) is 0.178. The van der Waals surface area contributed by atoms with Gasteiger partial charge in [-0.1, -0.05) is 53.5 Å². The lowest BCUT2D eigenvalue weighted by atomic mass is 10.0. The van der Waals surface area contributed by atoms with E-state index in [9.17, 15) is 14.4 Å². The number of ether oxygens (including phenoxy) is 2. The zero-order valence-corrected chi connectivity index (χ0v) is 22.9. The molecule has 3 aromatic carbocycles. The number of aryl methyl sites for hydroxylation is 1. The van der Waals surface area contributed by atoms with Crippen LogP contribution in [0, 0.1) is 6.92 Å². The SMILES string of the molecule is C=CCc1cc(/C=C2/C(=O)NC(=O)N(c3ccc(C)c(Cl)c3)C2=O)cc(OCC)c1OCc1ccccc1Cl. The molecule has 0 aromatic heterocycles. The van der Waals surface area contributed by atoms with Crippen molar-refractivity contribution in [2.24, 2.45) is 0 Å². The number of carbonyl (C=O) groups excluding carboxylic acids is 3. The van der Waals surface area contributed by atoms with Crippen LogP contribution in [-0.4, -0.2) is 24.5 Å². The molecular weight excluding hydrogens is 539 g/mol. The van der Waals surface area contributed by atoms with Crippen LogP contribution >= 0.6 is 23.2 Å². The first-order valence-corrected chi connectivity index (χ1v) is 12.9. The minimum atomic E-state index is -0.854. The number of halogens is 2. The van der Waals surface area contributed by atoms with Crippen LogP contribution in [0.4, 0.5) is 10.5 Å². The Morgan fingerprint density at radius 3 is 2.44 bits per heavy atom. The van der Waals surface area contributed by atoms with Gasteiger partial charge in [-0.2, -0.15) is 0 Å². The van der Waals surface area contributed by atoms with Crippen molar-refractivity contribution in [2.75, 3.05) is 11.5 Å². The van der Waals surface area contributed by atoms with Gasteiger partial charge in [0.2, 0.25) is 0 Å². The van der Waals surface area contributed by atoms with Gasteiger partial charge in [0.15, 0.2) is 11.5 Å². The van der Waals surface area contributed by atoms with Crippen molar-refractivity contribution in [1.29, 1.82) is 0 Å². The number of allylic oxidation sites excluding steroid dienone is 1. The summed E-state index contributed by atoms with van der Waals surface area (Å²) in [5, 5.41) is 3.20. The lowest BCUT2D eigenvalue weighted by Crippen LogP contribution is -2.54. The first-order valence-electron chi connectivity index (χ1n) is 12.2. The second-order valence-corrected chi connectivity index (χ2v) is 9.52. The van der Waals surface area contributed by atoms with E-state index in [2.05, 4.69) is 11.9 Å². The van der Waals surface area contributed by atoms with Gasteiger partial charge >= 0.3 is 6.03 Å². The summed E-state index contributed by atoms with van der Waals surface area (Å²) in [6, 6.07) is 14.8. The highest BCUT2D eigenvalue weighted by Crippen LogP contribution is 2.36. The first kappa shape index (κ1) is 28.0. The van der Waals surface area contributed by atoms with Crippen molar-refractivity contribution in [3.05, 3.63) is 105 Å². The van der Waals surface area contributed by atoms with E-state index in [1.165, 1.54) is 12.1 Å². The number of carbonyl (C=O) groups is 3. The van der Waals surface area contributed by atoms with Gasteiger partial charge < -0.3 is 9.47 Å². The molecule has 1 heterocycles. The Kier molecular flexibility index (Phi) is 8.74. The molecule has 0 spiro atoms. The highest BCUT2D eigenvalue weighted by Gasteiger charge is 2.37. The van der Waals surface area contributed by atoms with Gasteiger partial charge in [0.05, 0.1) is 12.3 Å². The number of anilines is 1. The van der Waals surface area contributed by atoms with Crippen LogP contribution in [0.5, 0.6) is 11.5 Å². The molecule has 0 bridgehead atoms. The van der Waals surface area contributed by atoms with Gasteiger partial charge in [-0.15, -0.1) is 6.58 Å². The zero-order valence-electron chi connectivity index (χ0n) is 21.4. The van der Waals surface area contributed by atoms with Gasteiger partial charge in [-0.25, -0.2) is 9.69 Å². The molecule has 9 heteroatoms. The molecule has 1 fully saturated rings. The molecule has 7 nitrogen and oxygen atoms in total. The van der Waals surface area contributed by atoms with E-state index in [1.54, 1.807) is 43.3 Å². The van der Waals surface area contributed by atoms with Crippen molar-refractivity contribution in [2.45, 2.75) is 26.9 Å². The van der Waals surface area contributed by atoms with Crippen LogP contribution in [0.15, 0.2) is 72.8 Å². The van der Waals surface area contributed by atoms with Crippen molar-refractivity contribution in [3.8, 4) is 11.5 Å². The van der Waals surface area contributed by atoms with E-state index in [0.29, 0.717) is 40.1 Å². The summed E-state index contributed by atoms with van der Waals surface area (Å²) in [6.45, 7) is 8.04. The van der Waals surface area contributed by atoms with Crippen LogP contribution in [-0.2, 0) is 22.6 Å². The number of amides is 4. The second kappa shape index (κ2) is 12.2. The number of benzene rings is 3. The molecular formula is C30H26Cl2N2O5. The largest absolute Gasteiger partial charge is 0.490 e. The van der Waals surface area contributed by atoms with Gasteiger partial charge in [0.25, 0.3) is 11.8 Å². The number of nitrogens with one attached hydrogen (secondary N) is 1. The van der Waals surface area contributed by atoms with Crippen LogP contribution in [0.2, 0.25) is 10.0 Å². The first-order chi connectivity index (χ1) is 18.7. The standard InChI is InChI=1S/C30H26Cl2N2O5/c1-4-8-20-13-19(15-26(38-5-2)27(20)39-17-21-9-6-7-10-24(21)31)14-23-28(35)33-30(37)34(29(23)36)22-12-11-18(3)25(32)16-22/h4,6-7,9-16H,1,5,8,17H2,2-3H3,(H,33,35,37)/b23-14-. The van der Waals surface area contributed by atoms with Gasteiger partial charge in [-0.05, 0) is 67.8 Å². The number of urea groups is 1. The summed E-state index contributed by atoms with van der Waals surface area (Å²) < 4.78 is 12.0. The Bertz CT molecular complexity index is 1500. The summed E-state index contributed by atoms with van der Waals surface area (Å²) in [5.41, 5.74) is 2.86. The topological polar surface area (TPSA) is 84.9 Å². The molecule has 1 aliphatic rings. The minimum absolute atomic E-state index is 0.210. The number of imide groups is 2. The fourth-order valence-electron chi connectivity index (χ4n) is 4.05. The Morgan fingerprint density at radius 1 is 0.974 bits per heavy atom. The summed E-state index contributed by atoms with van der Waals surface area (Å²) in [4.78, 5) is 39.6. The van der Waals surface area contributed by atoms with E-state index < -0.39 is 17.8 Å². The van der Waals surface area contributed by atoms with E-state index in [-0.39, 0.29) is 17.9 Å². The number of hydrogen-bond acceptors (Lipinski definition) is 5. The van der Waals surface area contributed by atoms with Gasteiger partial charge in [0, 0.05) is 21.2 Å². The number of rotatable bonds is 9. The second-order valence-electron chi connectivity index (χ2n) is 8.70. The van der Waals surface area contributed by atoms with Crippen LogP contribution in [0.3, 0.4) is 0 Å². The van der Waals surface area contributed by atoms with Crippen molar-refractivity contribution in [3.63, 3.8) is 0 Å². The predicted octanol–water partition coefficient (Wildman–Crippen LogP) is 6.67. The number of nitrogens with zero attached hydrogens (tertiary/aromatic N) is 1. The molecule has 0 atom stereocenters. The summed E-state index contributed by atoms with van der Waals surface area (Å²) in [6.07, 6.45) is 3.56. The molecule has 0 unspecified atom stereocenters. The highest BCUT2D eigenvalue weighted by atomic mass is 35.5. The molecule has 0 saturated carbocycles. The third-order valence-electron chi connectivity index (χ3n) is 5.97. The molecule has 0 radical (unpaired) electrons. The average Bonchev–Trinajstić information content (AvgIpc) is 2.89. The lowest BCUT2D eigenvalue weighted by molar-refractivity contribution is -0.122. The zero-order chi connectivity index (χ0) is 28.1. The molecule has 4 amide bonds. The number of hydrogen-bond donors (Lipinski definition) is 1. The van der Waals surface area contributed by atoms with Gasteiger partial charge in [-0.3, -0.25) is 14.9 Å². The molecule has 200 valence electrons. The number of barbiturate groups is 1. The van der Waals surface area contributed by atoms with Crippen molar-refractivity contribution in [1.82, 2.24) is 5.32 Å².